The maximum Gasteiger partial charge on any atom is 0.191 e. The number of hydrogen-bond acceptors (Lipinski definition) is 2. The minimum Gasteiger partial charge on any atom is -0.380 e. The molecule has 1 fully saturated rings. The van der Waals surface area contributed by atoms with E-state index in [1.54, 1.807) is 7.11 Å². The molecule has 1 aliphatic rings. The van der Waals surface area contributed by atoms with Gasteiger partial charge in [0.25, 0.3) is 0 Å². The first-order valence-corrected chi connectivity index (χ1v) is 7.35. The van der Waals surface area contributed by atoms with Crippen molar-refractivity contribution in [2.45, 2.75) is 39.5 Å². The number of aliphatic imine (C=N–C) groups is 1. The van der Waals surface area contributed by atoms with E-state index < -0.39 is 0 Å². The highest BCUT2D eigenvalue weighted by atomic mass is 16.5. The summed E-state index contributed by atoms with van der Waals surface area (Å²) in [5.41, 5.74) is 2.42. The number of hydrogen-bond donors (Lipinski definition) is 2. The molecule has 2 atom stereocenters. The van der Waals surface area contributed by atoms with Crippen LogP contribution in [-0.4, -0.2) is 25.7 Å². The number of nitrogens with one attached hydrogen (secondary N) is 2. The van der Waals surface area contributed by atoms with Crippen molar-refractivity contribution in [3.05, 3.63) is 35.4 Å². The van der Waals surface area contributed by atoms with Crippen molar-refractivity contribution in [2.75, 3.05) is 13.7 Å². The zero-order valence-electron chi connectivity index (χ0n) is 12.6. The Balaban J connectivity index is 2.00. The van der Waals surface area contributed by atoms with Crippen molar-refractivity contribution < 1.29 is 4.74 Å². The lowest BCUT2D eigenvalue weighted by Crippen LogP contribution is -2.39. The quantitative estimate of drug-likeness (QED) is 0.618. The van der Waals surface area contributed by atoms with Crippen LogP contribution in [0.25, 0.3) is 0 Å². The third-order valence-corrected chi connectivity index (χ3v) is 3.60. The Hall–Kier alpha value is -1.55. The lowest BCUT2D eigenvalue weighted by molar-refractivity contribution is 0.184. The molecule has 0 heterocycles. The number of methoxy groups -OCH3 is 1. The summed E-state index contributed by atoms with van der Waals surface area (Å²) in [5, 5.41) is 6.77. The molecule has 0 aliphatic heterocycles. The zero-order valence-corrected chi connectivity index (χ0v) is 12.6. The zero-order chi connectivity index (χ0) is 14.4. The van der Waals surface area contributed by atoms with Crippen LogP contribution in [0, 0.1) is 5.92 Å². The SMILES string of the molecule is CCNC(=NCc1ccccc1COC)NC1CC1C. The first-order chi connectivity index (χ1) is 9.74. The van der Waals surface area contributed by atoms with Gasteiger partial charge < -0.3 is 15.4 Å². The molecule has 4 heteroatoms. The van der Waals surface area contributed by atoms with E-state index in [1.165, 1.54) is 17.5 Å². The second kappa shape index (κ2) is 7.29. The second-order valence-electron chi connectivity index (χ2n) is 5.36. The van der Waals surface area contributed by atoms with Gasteiger partial charge in [0.05, 0.1) is 13.2 Å². The molecule has 20 heavy (non-hydrogen) atoms. The predicted molar refractivity (Wildman–Crippen MR) is 82.7 cm³/mol. The molecule has 2 N–H and O–H groups in total. The predicted octanol–water partition coefficient (Wildman–Crippen LogP) is 2.30. The number of ether oxygens (including phenoxy) is 1. The first-order valence-electron chi connectivity index (χ1n) is 7.35. The third-order valence-electron chi connectivity index (χ3n) is 3.60. The summed E-state index contributed by atoms with van der Waals surface area (Å²) in [6.07, 6.45) is 1.24. The number of guanidine groups is 1. The highest BCUT2D eigenvalue weighted by molar-refractivity contribution is 5.80. The highest BCUT2D eigenvalue weighted by Crippen LogP contribution is 2.28. The molecule has 1 aromatic rings. The highest BCUT2D eigenvalue weighted by Gasteiger charge is 2.33. The monoisotopic (exact) mass is 275 g/mol. The lowest BCUT2D eigenvalue weighted by atomic mass is 10.1. The minimum atomic E-state index is 0.585. The van der Waals surface area contributed by atoms with Gasteiger partial charge in [-0.1, -0.05) is 31.2 Å². The first kappa shape index (κ1) is 14.9. The van der Waals surface area contributed by atoms with Gasteiger partial charge in [0.1, 0.15) is 0 Å². The summed E-state index contributed by atoms with van der Waals surface area (Å²) in [4.78, 5) is 4.68. The van der Waals surface area contributed by atoms with Crippen molar-refractivity contribution in [1.82, 2.24) is 10.6 Å². The van der Waals surface area contributed by atoms with Crippen LogP contribution in [-0.2, 0) is 17.9 Å². The van der Waals surface area contributed by atoms with E-state index in [-0.39, 0.29) is 0 Å². The van der Waals surface area contributed by atoms with Crippen LogP contribution >= 0.6 is 0 Å². The molecule has 0 amide bonds. The van der Waals surface area contributed by atoms with Crippen LogP contribution in [0.5, 0.6) is 0 Å². The van der Waals surface area contributed by atoms with Crippen LogP contribution in [0.15, 0.2) is 29.3 Å². The Morgan fingerprint density at radius 1 is 1.35 bits per heavy atom. The summed E-state index contributed by atoms with van der Waals surface area (Å²) in [7, 11) is 1.72. The van der Waals surface area contributed by atoms with Gasteiger partial charge in [0, 0.05) is 19.7 Å². The van der Waals surface area contributed by atoms with Gasteiger partial charge in [-0.05, 0) is 30.4 Å². The summed E-state index contributed by atoms with van der Waals surface area (Å²) < 4.78 is 5.23. The molecule has 0 aromatic heterocycles. The van der Waals surface area contributed by atoms with Gasteiger partial charge >= 0.3 is 0 Å². The van der Waals surface area contributed by atoms with Crippen molar-refractivity contribution >= 4 is 5.96 Å². The van der Waals surface area contributed by atoms with Gasteiger partial charge in [-0.25, -0.2) is 4.99 Å². The fourth-order valence-corrected chi connectivity index (χ4v) is 2.19. The van der Waals surface area contributed by atoms with Gasteiger partial charge in [0.2, 0.25) is 0 Å². The number of benzene rings is 1. The van der Waals surface area contributed by atoms with Crippen molar-refractivity contribution in [3.8, 4) is 0 Å². The molecule has 0 saturated heterocycles. The standard InChI is InChI=1S/C16H25N3O/c1-4-17-16(19-15-9-12(15)2)18-10-13-7-5-6-8-14(13)11-20-3/h5-8,12,15H,4,9-11H2,1-3H3,(H2,17,18,19). The van der Waals surface area contributed by atoms with E-state index in [2.05, 4.69) is 41.6 Å². The Kier molecular flexibility index (Phi) is 5.41. The van der Waals surface area contributed by atoms with Crippen LogP contribution in [0.1, 0.15) is 31.4 Å². The maximum absolute atomic E-state index is 5.23. The lowest BCUT2D eigenvalue weighted by Gasteiger charge is -2.12. The fourth-order valence-electron chi connectivity index (χ4n) is 2.19. The van der Waals surface area contributed by atoms with Crippen LogP contribution in [0.2, 0.25) is 0 Å². The summed E-state index contributed by atoms with van der Waals surface area (Å²) in [6.45, 7) is 6.54. The van der Waals surface area contributed by atoms with E-state index >= 15 is 0 Å². The van der Waals surface area contributed by atoms with E-state index in [4.69, 9.17) is 4.74 Å². The Morgan fingerprint density at radius 2 is 2.05 bits per heavy atom. The Labute approximate surface area is 121 Å². The van der Waals surface area contributed by atoms with E-state index in [0.29, 0.717) is 19.2 Å². The number of rotatable bonds is 6. The maximum atomic E-state index is 5.23. The smallest absolute Gasteiger partial charge is 0.191 e. The van der Waals surface area contributed by atoms with Gasteiger partial charge in [-0.15, -0.1) is 0 Å². The van der Waals surface area contributed by atoms with Crippen LogP contribution < -0.4 is 10.6 Å². The summed E-state index contributed by atoms with van der Waals surface area (Å²) in [6, 6.07) is 8.88. The van der Waals surface area contributed by atoms with Gasteiger partial charge in [-0.3, -0.25) is 0 Å². The number of nitrogens with zero attached hydrogens (tertiary/aromatic N) is 1. The molecule has 2 rings (SSSR count). The molecule has 2 unspecified atom stereocenters. The van der Waals surface area contributed by atoms with Gasteiger partial charge in [-0.2, -0.15) is 0 Å². The Morgan fingerprint density at radius 3 is 2.65 bits per heavy atom. The average molecular weight is 275 g/mol. The van der Waals surface area contributed by atoms with Crippen molar-refractivity contribution in [1.29, 1.82) is 0 Å². The molecule has 1 saturated carbocycles. The van der Waals surface area contributed by atoms with Crippen LogP contribution in [0.4, 0.5) is 0 Å². The van der Waals surface area contributed by atoms with Crippen molar-refractivity contribution in [3.63, 3.8) is 0 Å². The molecule has 4 nitrogen and oxygen atoms in total. The van der Waals surface area contributed by atoms with Gasteiger partial charge in [0.15, 0.2) is 5.96 Å². The molecular formula is C16H25N3O. The molecule has 1 aliphatic carbocycles. The summed E-state index contributed by atoms with van der Waals surface area (Å²) >= 11 is 0. The molecule has 110 valence electrons. The molecule has 0 spiro atoms. The Bertz CT molecular complexity index is 459. The minimum absolute atomic E-state index is 0.585. The molecule has 1 aromatic carbocycles. The van der Waals surface area contributed by atoms with E-state index in [0.717, 1.165) is 18.4 Å². The largest absolute Gasteiger partial charge is 0.380 e. The topological polar surface area (TPSA) is 45.7 Å². The van der Waals surface area contributed by atoms with E-state index in [9.17, 15) is 0 Å². The van der Waals surface area contributed by atoms with Crippen molar-refractivity contribution in [2.24, 2.45) is 10.9 Å². The average Bonchev–Trinajstić information content (AvgIpc) is 3.13. The third kappa shape index (κ3) is 4.23. The molecule has 0 bridgehead atoms. The second-order valence-corrected chi connectivity index (χ2v) is 5.36. The fraction of sp³-hybridized carbons (Fsp3) is 0.562. The summed E-state index contributed by atoms with van der Waals surface area (Å²) in [5.74, 6) is 1.67. The molecule has 0 radical (unpaired) electrons. The van der Waals surface area contributed by atoms with Crippen LogP contribution in [0.3, 0.4) is 0 Å². The normalized spacial score (nSPS) is 21.6. The molecular weight excluding hydrogens is 250 g/mol. The van der Waals surface area contributed by atoms with E-state index in [1.807, 2.05) is 12.1 Å².